The SMILES string of the molecule is Cc1ccc2c(c1)[C@H](NC(=O)N1CCC(C(=O)O)CC1)CCC2. The van der Waals surface area contributed by atoms with Gasteiger partial charge in [-0.05, 0) is 50.2 Å². The first kappa shape index (κ1) is 15.8. The molecule has 0 saturated carbocycles. The lowest BCUT2D eigenvalue weighted by Gasteiger charge is -2.33. The van der Waals surface area contributed by atoms with E-state index in [0.29, 0.717) is 25.9 Å². The molecule has 2 aliphatic rings. The number of nitrogens with zero attached hydrogens (tertiary/aromatic N) is 1. The van der Waals surface area contributed by atoms with E-state index in [9.17, 15) is 9.59 Å². The van der Waals surface area contributed by atoms with E-state index in [4.69, 9.17) is 5.11 Å². The van der Waals surface area contributed by atoms with Gasteiger partial charge in [0.25, 0.3) is 0 Å². The van der Waals surface area contributed by atoms with Gasteiger partial charge in [0.1, 0.15) is 0 Å². The van der Waals surface area contributed by atoms with Gasteiger partial charge in [-0.25, -0.2) is 4.79 Å². The number of benzene rings is 1. The third kappa shape index (κ3) is 3.49. The van der Waals surface area contributed by atoms with E-state index in [0.717, 1.165) is 19.3 Å². The molecule has 0 aromatic heterocycles. The quantitative estimate of drug-likeness (QED) is 0.881. The number of rotatable bonds is 2. The molecular weight excluding hydrogens is 292 g/mol. The van der Waals surface area contributed by atoms with Crippen LogP contribution in [0.1, 0.15) is 48.4 Å². The maximum absolute atomic E-state index is 12.5. The van der Waals surface area contributed by atoms with Gasteiger partial charge in [-0.2, -0.15) is 0 Å². The first-order chi connectivity index (χ1) is 11.0. The lowest BCUT2D eigenvalue weighted by Crippen LogP contribution is -2.46. The van der Waals surface area contributed by atoms with Crippen LogP contribution in [-0.4, -0.2) is 35.1 Å². The van der Waals surface area contributed by atoms with Gasteiger partial charge in [0.15, 0.2) is 0 Å². The maximum Gasteiger partial charge on any atom is 0.317 e. The van der Waals surface area contributed by atoms with Gasteiger partial charge in [-0.15, -0.1) is 0 Å². The number of carbonyl (C=O) groups excluding carboxylic acids is 1. The Morgan fingerprint density at radius 3 is 2.65 bits per heavy atom. The molecule has 1 fully saturated rings. The fraction of sp³-hybridized carbons (Fsp3) is 0.556. The van der Waals surface area contributed by atoms with Crippen molar-refractivity contribution in [1.29, 1.82) is 0 Å². The molecule has 1 heterocycles. The number of hydrogen-bond donors (Lipinski definition) is 2. The number of carboxylic acid groups (broad SMARTS) is 1. The molecule has 2 N–H and O–H groups in total. The molecule has 1 aliphatic carbocycles. The third-order valence-electron chi connectivity index (χ3n) is 5.04. The van der Waals surface area contributed by atoms with Crippen LogP contribution in [0.4, 0.5) is 4.79 Å². The minimum atomic E-state index is -0.748. The first-order valence-electron chi connectivity index (χ1n) is 8.42. The largest absolute Gasteiger partial charge is 0.481 e. The van der Waals surface area contributed by atoms with Crippen molar-refractivity contribution in [2.75, 3.05) is 13.1 Å². The molecule has 23 heavy (non-hydrogen) atoms. The summed E-state index contributed by atoms with van der Waals surface area (Å²) in [6.07, 6.45) is 4.22. The summed E-state index contributed by atoms with van der Waals surface area (Å²) in [5.41, 5.74) is 3.79. The summed E-state index contributed by atoms with van der Waals surface area (Å²) in [6, 6.07) is 6.48. The van der Waals surface area contributed by atoms with Gasteiger partial charge < -0.3 is 15.3 Å². The number of likely N-dealkylation sites (tertiary alicyclic amines) is 1. The van der Waals surface area contributed by atoms with Crippen molar-refractivity contribution in [3.8, 4) is 0 Å². The van der Waals surface area contributed by atoms with E-state index in [1.165, 1.54) is 16.7 Å². The molecule has 124 valence electrons. The highest BCUT2D eigenvalue weighted by Crippen LogP contribution is 2.30. The van der Waals surface area contributed by atoms with Crippen molar-refractivity contribution in [2.24, 2.45) is 5.92 Å². The van der Waals surface area contributed by atoms with Crippen molar-refractivity contribution in [3.63, 3.8) is 0 Å². The maximum atomic E-state index is 12.5. The van der Waals surface area contributed by atoms with Crippen molar-refractivity contribution in [1.82, 2.24) is 10.2 Å². The summed E-state index contributed by atoms with van der Waals surface area (Å²) >= 11 is 0. The molecular formula is C18H24N2O3. The van der Waals surface area contributed by atoms with E-state index in [1.807, 2.05) is 0 Å². The minimum absolute atomic E-state index is 0.0619. The fourth-order valence-corrected chi connectivity index (χ4v) is 3.64. The van der Waals surface area contributed by atoms with Crippen molar-refractivity contribution in [2.45, 2.75) is 45.1 Å². The molecule has 1 aliphatic heterocycles. The number of urea groups is 1. The van der Waals surface area contributed by atoms with Crippen LogP contribution >= 0.6 is 0 Å². The second-order valence-corrected chi connectivity index (χ2v) is 6.70. The van der Waals surface area contributed by atoms with Crippen LogP contribution in [-0.2, 0) is 11.2 Å². The zero-order chi connectivity index (χ0) is 16.4. The first-order valence-corrected chi connectivity index (χ1v) is 8.42. The molecule has 2 amide bonds. The Hall–Kier alpha value is -2.04. The summed E-state index contributed by atoms with van der Waals surface area (Å²) < 4.78 is 0. The molecule has 1 aromatic carbocycles. The van der Waals surface area contributed by atoms with Crippen LogP contribution in [0.5, 0.6) is 0 Å². The van der Waals surface area contributed by atoms with Gasteiger partial charge in [-0.3, -0.25) is 4.79 Å². The summed E-state index contributed by atoms with van der Waals surface area (Å²) in [5.74, 6) is -1.06. The highest BCUT2D eigenvalue weighted by Gasteiger charge is 2.29. The highest BCUT2D eigenvalue weighted by molar-refractivity contribution is 5.76. The zero-order valence-electron chi connectivity index (χ0n) is 13.5. The number of carboxylic acids is 1. The van der Waals surface area contributed by atoms with Crippen LogP contribution in [0.3, 0.4) is 0 Å². The van der Waals surface area contributed by atoms with Crippen LogP contribution in [0.2, 0.25) is 0 Å². The Morgan fingerprint density at radius 2 is 1.96 bits per heavy atom. The topological polar surface area (TPSA) is 69.6 Å². The van der Waals surface area contributed by atoms with E-state index in [2.05, 4.69) is 30.4 Å². The number of fused-ring (bicyclic) bond motifs is 1. The smallest absolute Gasteiger partial charge is 0.317 e. The van der Waals surface area contributed by atoms with Crippen LogP contribution in [0.25, 0.3) is 0 Å². The molecule has 1 saturated heterocycles. The number of nitrogens with one attached hydrogen (secondary N) is 1. The number of amides is 2. The predicted octanol–water partition coefficient (Wildman–Crippen LogP) is 2.88. The van der Waals surface area contributed by atoms with Crippen LogP contribution in [0, 0.1) is 12.8 Å². The van der Waals surface area contributed by atoms with Crippen LogP contribution in [0.15, 0.2) is 18.2 Å². The second-order valence-electron chi connectivity index (χ2n) is 6.70. The Morgan fingerprint density at radius 1 is 1.22 bits per heavy atom. The normalized spacial score (nSPS) is 21.6. The standard InChI is InChI=1S/C18H24N2O3/c1-12-5-6-13-3-2-4-16(15(13)11-12)19-18(23)20-9-7-14(8-10-20)17(21)22/h5-6,11,14,16H,2-4,7-10H2,1H3,(H,19,23)(H,21,22)/t16-/m1/s1. The number of hydrogen-bond acceptors (Lipinski definition) is 2. The van der Waals surface area contributed by atoms with Crippen LogP contribution < -0.4 is 5.32 Å². The molecule has 5 heteroatoms. The molecule has 3 rings (SSSR count). The predicted molar refractivity (Wildman–Crippen MR) is 87.3 cm³/mol. The Balaban J connectivity index is 1.63. The van der Waals surface area contributed by atoms with Crippen molar-refractivity contribution in [3.05, 3.63) is 34.9 Å². The van der Waals surface area contributed by atoms with Gasteiger partial charge in [0.2, 0.25) is 0 Å². The van der Waals surface area contributed by atoms with Gasteiger partial charge in [0, 0.05) is 13.1 Å². The zero-order valence-corrected chi connectivity index (χ0v) is 13.5. The molecule has 0 bridgehead atoms. The van der Waals surface area contributed by atoms with Gasteiger partial charge >= 0.3 is 12.0 Å². The Kier molecular flexibility index (Phi) is 4.55. The van der Waals surface area contributed by atoms with E-state index in [-0.39, 0.29) is 18.0 Å². The number of carbonyl (C=O) groups is 2. The highest BCUT2D eigenvalue weighted by atomic mass is 16.4. The summed E-state index contributed by atoms with van der Waals surface area (Å²) in [4.78, 5) is 25.3. The van der Waals surface area contributed by atoms with Crippen molar-refractivity contribution >= 4 is 12.0 Å². The number of aliphatic carboxylic acids is 1. The molecule has 1 aromatic rings. The molecule has 1 atom stereocenters. The number of piperidine rings is 1. The minimum Gasteiger partial charge on any atom is -0.481 e. The second kappa shape index (κ2) is 6.60. The number of aryl methyl sites for hydroxylation is 2. The average Bonchev–Trinajstić information content (AvgIpc) is 2.55. The third-order valence-corrected chi connectivity index (χ3v) is 5.04. The summed E-state index contributed by atoms with van der Waals surface area (Å²) in [7, 11) is 0. The summed E-state index contributed by atoms with van der Waals surface area (Å²) in [5, 5.41) is 12.2. The Labute approximate surface area is 136 Å². The summed E-state index contributed by atoms with van der Waals surface area (Å²) in [6.45, 7) is 3.12. The lowest BCUT2D eigenvalue weighted by atomic mass is 9.86. The van der Waals surface area contributed by atoms with E-state index in [1.54, 1.807) is 4.90 Å². The molecule has 0 spiro atoms. The molecule has 0 unspecified atom stereocenters. The van der Waals surface area contributed by atoms with E-state index >= 15 is 0 Å². The lowest BCUT2D eigenvalue weighted by molar-refractivity contribution is -0.143. The average molecular weight is 316 g/mol. The molecule has 5 nitrogen and oxygen atoms in total. The van der Waals surface area contributed by atoms with Gasteiger partial charge in [-0.1, -0.05) is 23.8 Å². The van der Waals surface area contributed by atoms with Gasteiger partial charge in [0.05, 0.1) is 12.0 Å². The fourth-order valence-electron chi connectivity index (χ4n) is 3.64. The molecule has 0 radical (unpaired) electrons. The van der Waals surface area contributed by atoms with E-state index < -0.39 is 5.97 Å². The Bertz CT molecular complexity index is 606. The monoisotopic (exact) mass is 316 g/mol. The van der Waals surface area contributed by atoms with Crippen molar-refractivity contribution < 1.29 is 14.7 Å².